The van der Waals surface area contributed by atoms with E-state index in [0.717, 1.165) is 16.8 Å². The molecule has 7 heteroatoms. The van der Waals surface area contributed by atoms with E-state index >= 15 is 0 Å². The molecule has 0 saturated carbocycles. The summed E-state index contributed by atoms with van der Waals surface area (Å²) in [5.74, 6) is 0.550. The smallest absolute Gasteiger partial charge is 0.237 e. The molecule has 0 aliphatic rings. The Labute approximate surface area is 168 Å². The molecule has 0 unspecified atom stereocenters. The van der Waals surface area contributed by atoms with Crippen molar-refractivity contribution in [1.29, 1.82) is 0 Å². The van der Waals surface area contributed by atoms with E-state index < -0.39 is 0 Å². The zero-order chi connectivity index (χ0) is 20.3. The Kier molecular flexibility index (Phi) is 6.14. The third-order valence-electron chi connectivity index (χ3n) is 4.43. The number of carbonyl (C=O) groups is 1. The van der Waals surface area contributed by atoms with Gasteiger partial charge in [-0.1, -0.05) is 43.8 Å². The fraction of sp³-hybridized carbons (Fsp3) is 0.286. The number of amides is 1. The summed E-state index contributed by atoms with van der Waals surface area (Å²) >= 11 is 1.33. The summed E-state index contributed by atoms with van der Waals surface area (Å²) in [6, 6.07) is 13.9. The first-order chi connectivity index (χ1) is 13.4. The fourth-order valence-corrected chi connectivity index (χ4v) is 3.64. The molecule has 0 aliphatic heterocycles. The van der Waals surface area contributed by atoms with Gasteiger partial charge < -0.3 is 9.88 Å². The van der Waals surface area contributed by atoms with Crippen molar-refractivity contribution in [3.8, 4) is 11.4 Å². The molecular weight excluding hydrogens is 375 g/mol. The molecule has 0 bridgehead atoms. The summed E-state index contributed by atoms with van der Waals surface area (Å²) in [5, 5.41) is 11.7. The van der Waals surface area contributed by atoms with Gasteiger partial charge in [-0.25, -0.2) is 4.39 Å². The van der Waals surface area contributed by atoms with Crippen LogP contribution in [0.15, 0.2) is 53.7 Å². The van der Waals surface area contributed by atoms with E-state index in [4.69, 9.17) is 0 Å². The molecule has 1 N–H and O–H groups in total. The Bertz CT molecular complexity index is 969. The van der Waals surface area contributed by atoms with E-state index in [0.29, 0.717) is 16.9 Å². The van der Waals surface area contributed by atoms with Crippen LogP contribution in [-0.4, -0.2) is 25.9 Å². The molecule has 0 fully saturated rings. The Morgan fingerprint density at radius 2 is 1.75 bits per heavy atom. The average Bonchev–Trinajstić information content (AvgIpc) is 3.03. The molecule has 28 heavy (non-hydrogen) atoms. The van der Waals surface area contributed by atoms with Gasteiger partial charge in [0, 0.05) is 18.3 Å². The second-order valence-electron chi connectivity index (χ2n) is 6.86. The first kappa shape index (κ1) is 20.1. The number of nitrogens with zero attached hydrogens (tertiary/aromatic N) is 3. The third kappa shape index (κ3) is 4.42. The molecule has 2 aromatic carbocycles. The normalized spacial score (nSPS) is 12.2. The molecule has 1 aromatic heterocycles. The van der Waals surface area contributed by atoms with Crippen molar-refractivity contribution in [1.82, 2.24) is 14.8 Å². The highest BCUT2D eigenvalue weighted by atomic mass is 32.2. The quantitative estimate of drug-likeness (QED) is 0.602. The lowest BCUT2D eigenvalue weighted by Crippen LogP contribution is -2.23. The Hall–Kier alpha value is -2.67. The molecule has 1 atom stereocenters. The number of rotatable bonds is 6. The van der Waals surface area contributed by atoms with Gasteiger partial charge in [0.2, 0.25) is 5.91 Å². The largest absolute Gasteiger partial charge is 0.325 e. The summed E-state index contributed by atoms with van der Waals surface area (Å²) in [6.07, 6.45) is 0. The summed E-state index contributed by atoms with van der Waals surface area (Å²) in [4.78, 5) is 12.7. The lowest BCUT2D eigenvalue weighted by Gasteiger charge is -2.16. The molecule has 0 aliphatic carbocycles. The monoisotopic (exact) mass is 398 g/mol. The van der Waals surface area contributed by atoms with E-state index in [1.807, 2.05) is 42.8 Å². The maximum atomic E-state index is 13.1. The molecule has 0 spiro atoms. The van der Waals surface area contributed by atoms with E-state index in [-0.39, 0.29) is 17.0 Å². The number of aromatic nitrogens is 3. The number of thioether (sulfide) groups is 1. The van der Waals surface area contributed by atoms with Crippen molar-refractivity contribution in [3.63, 3.8) is 0 Å². The second kappa shape index (κ2) is 8.56. The first-order valence-electron chi connectivity index (χ1n) is 9.08. The van der Waals surface area contributed by atoms with Crippen LogP contribution in [-0.2, 0) is 11.8 Å². The van der Waals surface area contributed by atoms with Crippen LogP contribution in [0.3, 0.4) is 0 Å². The van der Waals surface area contributed by atoms with Crippen LogP contribution in [0.1, 0.15) is 32.3 Å². The van der Waals surface area contributed by atoms with Crippen molar-refractivity contribution >= 4 is 23.4 Å². The molecule has 0 radical (unpaired) electrons. The highest BCUT2D eigenvalue weighted by Gasteiger charge is 2.20. The maximum absolute atomic E-state index is 13.1. The van der Waals surface area contributed by atoms with Crippen LogP contribution < -0.4 is 5.32 Å². The highest BCUT2D eigenvalue weighted by molar-refractivity contribution is 8.00. The van der Waals surface area contributed by atoms with Gasteiger partial charge >= 0.3 is 0 Å². The predicted molar refractivity (Wildman–Crippen MR) is 111 cm³/mol. The minimum absolute atomic E-state index is 0.0931. The number of nitrogens with one attached hydrogen (secondary N) is 1. The molecule has 0 saturated heterocycles. The van der Waals surface area contributed by atoms with Gasteiger partial charge in [-0.15, -0.1) is 10.2 Å². The van der Waals surface area contributed by atoms with Crippen LogP contribution in [0.4, 0.5) is 10.1 Å². The van der Waals surface area contributed by atoms with Gasteiger partial charge in [0.25, 0.3) is 0 Å². The van der Waals surface area contributed by atoms with Crippen molar-refractivity contribution in [2.24, 2.45) is 7.05 Å². The van der Waals surface area contributed by atoms with Crippen molar-refractivity contribution in [3.05, 3.63) is 59.9 Å². The van der Waals surface area contributed by atoms with E-state index in [2.05, 4.69) is 29.4 Å². The summed E-state index contributed by atoms with van der Waals surface area (Å²) < 4.78 is 14.9. The summed E-state index contributed by atoms with van der Waals surface area (Å²) in [7, 11) is 1.83. The van der Waals surface area contributed by atoms with Crippen LogP contribution in [0.5, 0.6) is 0 Å². The van der Waals surface area contributed by atoms with Gasteiger partial charge in [0.1, 0.15) is 5.82 Å². The lowest BCUT2D eigenvalue weighted by atomic mass is 10.0. The van der Waals surface area contributed by atoms with Crippen LogP contribution in [0, 0.1) is 5.82 Å². The third-order valence-corrected chi connectivity index (χ3v) is 5.56. The molecule has 3 rings (SSSR count). The SMILES string of the molecule is CC(C)c1ccccc1NC(=O)[C@H](C)Sc1nnc(-c2ccc(F)cc2)n1C. The fourth-order valence-electron chi connectivity index (χ4n) is 2.83. The van der Waals surface area contributed by atoms with Crippen LogP contribution in [0.2, 0.25) is 0 Å². The minimum atomic E-state index is -0.357. The number of hydrogen-bond donors (Lipinski definition) is 1. The summed E-state index contributed by atoms with van der Waals surface area (Å²) in [5.41, 5.74) is 2.71. The lowest BCUT2D eigenvalue weighted by molar-refractivity contribution is -0.115. The number of carbonyl (C=O) groups excluding carboxylic acids is 1. The second-order valence-corrected chi connectivity index (χ2v) is 8.17. The molecule has 146 valence electrons. The number of hydrogen-bond acceptors (Lipinski definition) is 4. The highest BCUT2D eigenvalue weighted by Crippen LogP contribution is 2.28. The Morgan fingerprint density at radius 1 is 1.07 bits per heavy atom. The van der Waals surface area contributed by atoms with E-state index in [1.54, 1.807) is 12.1 Å². The van der Waals surface area contributed by atoms with Gasteiger partial charge in [-0.2, -0.15) is 0 Å². The molecule has 5 nitrogen and oxygen atoms in total. The van der Waals surface area contributed by atoms with Crippen molar-refractivity contribution in [2.45, 2.75) is 37.1 Å². The van der Waals surface area contributed by atoms with Gasteiger partial charge in [0.15, 0.2) is 11.0 Å². The zero-order valence-corrected chi connectivity index (χ0v) is 17.1. The zero-order valence-electron chi connectivity index (χ0n) is 16.3. The van der Waals surface area contributed by atoms with Crippen molar-refractivity contribution < 1.29 is 9.18 Å². The molecule has 1 heterocycles. The van der Waals surface area contributed by atoms with Gasteiger partial charge in [-0.3, -0.25) is 4.79 Å². The Morgan fingerprint density at radius 3 is 2.43 bits per heavy atom. The summed E-state index contributed by atoms with van der Waals surface area (Å²) in [6.45, 7) is 6.03. The molecule has 1 amide bonds. The van der Waals surface area contributed by atoms with E-state index in [9.17, 15) is 9.18 Å². The van der Waals surface area contributed by atoms with Crippen LogP contribution in [0.25, 0.3) is 11.4 Å². The van der Waals surface area contributed by atoms with Gasteiger partial charge in [-0.05, 0) is 48.7 Å². The van der Waals surface area contributed by atoms with Gasteiger partial charge in [0.05, 0.1) is 5.25 Å². The number of benzene rings is 2. The molecule has 3 aromatic rings. The number of anilines is 1. The maximum Gasteiger partial charge on any atom is 0.237 e. The van der Waals surface area contributed by atoms with E-state index in [1.165, 1.54) is 23.9 Å². The standard InChI is InChI=1S/C21H23FN4OS/c1-13(2)17-7-5-6-8-18(17)23-20(27)14(3)28-21-25-24-19(26(21)4)15-9-11-16(22)12-10-15/h5-14H,1-4H3,(H,23,27)/t14-/m0/s1. The predicted octanol–water partition coefficient (Wildman–Crippen LogP) is 4.86. The topological polar surface area (TPSA) is 59.8 Å². The minimum Gasteiger partial charge on any atom is -0.325 e. The molecular formula is C21H23FN4OS. The van der Waals surface area contributed by atoms with Crippen LogP contribution >= 0.6 is 11.8 Å². The Balaban J connectivity index is 1.72. The first-order valence-corrected chi connectivity index (χ1v) is 9.96. The average molecular weight is 399 g/mol. The van der Waals surface area contributed by atoms with Crippen molar-refractivity contribution in [2.75, 3.05) is 5.32 Å². The number of para-hydroxylation sites is 1. The number of halogens is 1.